The van der Waals surface area contributed by atoms with E-state index in [1.807, 2.05) is 0 Å². The number of hydrogen-bond acceptors (Lipinski definition) is 6. The normalized spacial score (nSPS) is 11.3. The standard InChI is InChI=1S/C10H12ClN3O6S/c11-8-2-1-7(5-9(8)14(16)17)21(18,19)13-3-4-20-6-10(12)15/h1-2,5,13H,3-4,6H2,(H2,12,15). The fraction of sp³-hybridized carbons (Fsp3) is 0.300. The molecule has 0 aliphatic heterocycles. The van der Waals surface area contributed by atoms with Gasteiger partial charge in [0.15, 0.2) is 0 Å². The Morgan fingerprint density at radius 1 is 1.48 bits per heavy atom. The van der Waals surface area contributed by atoms with Crippen LogP contribution in [0.1, 0.15) is 0 Å². The Labute approximate surface area is 125 Å². The van der Waals surface area contributed by atoms with Crippen molar-refractivity contribution in [2.45, 2.75) is 4.90 Å². The Kier molecular flexibility index (Phi) is 6.03. The third-order valence-electron chi connectivity index (χ3n) is 2.21. The highest BCUT2D eigenvalue weighted by atomic mass is 35.5. The number of halogens is 1. The summed E-state index contributed by atoms with van der Waals surface area (Å²) >= 11 is 5.60. The number of primary amides is 1. The Balaban J connectivity index is 2.72. The average molecular weight is 338 g/mol. The molecule has 0 aliphatic carbocycles. The fourth-order valence-electron chi connectivity index (χ4n) is 1.30. The maximum atomic E-state index is 11.9. The second-order valence-corrected chi connectivity index (χ2v) is 5.96. The van der Waals surface area contributed by atoms with Crippen LogP contribution in [0.4, 0.5) is 5.69 Å². The zero-order valence-corrected chi connectivity index (χ0v) is 12.2. The third-order valence-corrected chi connectivity index (χ3v) is 3.99. The molecule has 3 N–H and O–H groups in total. The lowest BCUT2D eigenvalue weighted by molar-refractivity contribution is -0.384. The zero-order chi connectivity index (χ0) is 16.0. The highest BCUT2D eigenvalue weighted by Gasteiger charge is 2.20. The summed E-state index contributed by atoms with van der Waals surface area (Å²) in [6, 6.07) is 3.12. The summed E-state index contributed by atoms with van der Waals surface area (Å²) in [7, 11) is -3.94. The minimum atomic E-state index is -3.94. The van der Waals surface area contributed by atoms with Crippen molar-refractivity contribution in [2.24, 2.45) is 5.73 Å². The van der Waals surface area contributed by atoms with Gasteiger partial charge in [-0.3, -0.25) is 14.9 Å². The van der Waals surface area contributed by atoms with Gasteiger partial charge in [-0.05, 0) is 12.1 Å². The highest BCUT2D eigenvalue weighted by Crippen LogP contribution is 2.26. The van der Waals surface area contributed by atoms with Crippen molar-refractivity contribution in [2.75, 3.05) is 19.8 Å². The first-order valence-corrected chi connectivity index (χ1v) is 7.40. The molecule has 0 radical (unpaired) electrons. The summed E-state index contributed by atoms with van der Waals surface area (Å²) in [4.78, 5) is 20.0. The van der Waals surface area contributed by atoms with Crippen LogP contribution in [0.5, 0.6) is 0 Å². The van der Waals surface area contributed by atoms with Gasteiger partial charge in [0.25, 0.3) is 5.69 Å². The molecule has 0 saturated carbocycles. The Morgan fingerprint density at radius 3 is 2.71 bits per heavy atom. The topological polar surface area (TPSA) is 142 Å². The maximum Gasteiger partial charge on any atom is 0.289 e. The lowest BCUT2D eigenvalue weighted by Crippen LogP contribution is -2.29. The Hall–Kier alpha value is -1.75. The minimum Gasteiger partial charge on any atom is -0.370 e. The second kappa shape index (κ2) is 7.31. The van der Waals surface area contributed by atoms with Gasteiger partial charge in [-0.25, -0.2) is 13.1 Å². The summed E-state index contributed by atoms with van der Waals surface area (Å²) in [6.07, 6.45) is 0. The highest BCUT2D eigenvalue weighted by molar-refractivity contribution is 7.89. The van der Waals surface area contributed by atoms with Crippen LogP contribution in [0.25, 0.3) is 0 Å². The third kappa shape index (κ3) is 5.27. The fourth-order valence-corrected chi connectivity index (χ4v) is 2.52. The van der Waals surface area contributed by atoms with Gasteiger partial charge in [-0.15, -0.1) is 0 Å². The van der Waals surface area contributed by atoms with Crippen LogP contribution < -0.4 is 10.5 Å². The minimum absolute atomic E-state index is 0.0716. The van der Waals surface area contributed by atoms with Gasteiger partial charge >= 0.3 is 0 Å². The van der Waals surface area contributed by atoms with E-state index in [1.54, 1.807) is 0 Å². The summed E-state index contributed by atoms with van der Waals surface area (Å²) in [5, 5.41) is 10.5. The number of nitrogens with one attached hydrogen (secondary N) is 1. The molecule has 9 nitrogen and oxygen atoms in total. The van der Waals surface area contributed by atoms with Gasteiger partial charge in [-0.1, -0.05) is 11.6 Å². The summed E-state index contributed by atoms with van der Waals surface area (Å²) in [6.45, 7) is -0.516. The number of carbonyl (C=O) groups is 1. The zero-order valence-electron chi connectivity index (χ0n) is 10.6. The van der Waals surface area contributed by atoms with Crippen molar-refractivity contribution in [3.8, 4) is 0 Å². The van der Waals surface area contributed by atoms with Crippen molar-refractivity contribution in [1.82, 2.24) is 4.72 Å². The summed E-state index contributed by atoms with van der Waals surface area (Å²) < 4.78 is 30.7. The molecule has 11 heteroatoms. The van der Waals surface area contributed by atoms with Gasteiger partial charge in [-0.2, -0.15) is 0 Å². The molecule has 0 atom stereocenters. The molecule has 1 amide bonds. The molecule has 0 fully saturated rings. The molecule has 0 bridgehead atoms. The van der Waals surface area contributed by atoms with Crippen molar-refractivity contribution >= 4 is 33.2 Å². The van der Waals surface area contributed by atoms with Crippen LogP contribution in [0.15, 0.2) is 23.1 Å². The molecule has 1 aromatic rings. The van der Waals surface area contributed by atoms with Gasteiger partial charge in [0.1, 0.15) is 11.6 Å². The molecule has 0 aliphatic rings. The number of carbonyl (C=O) groups excluding carboxylic acids is 1. The molecule has 0 heterocycles. The number of nitrogens with two attached hydrogens (primary N) is 1. The van der Waals surface area contributed by atoms with Gasteiger partial charge in [0, 0.05) is 12.6 Å². The van der Waals surface area contributed by atoms with Gasteiger partial charge in [0.2, 0.25) is 15.9 Å². The average Bonchev–Trinajstić information content (AvgIpc) is 2.37. The lowest BCUT2D eigenvalue weighted by atomic mass is 10.3. The monoisotopic (exact) mass is 337 g/mol. The van der Waals surface area contributed by atoms with Crippen molar-refractivity contribution in [1.29, 1.82) is 0 Å². The molecule has 1 aromatic carbocycles. The smallest absolute Gasteiger partial charge is 0.289 e. The number of amides is 1. The number of ether oxygens (including phenoxy) is 1. The van der Waals surface area contributed by atoms with E-state index in [-0.39, 0.29) is 29.7 Å². The van der Waals surface area contributed by atoms with Crippen molar-refractivity contribution < 1.29 is 22.9 Å². The second-order valence-electron chi connectivity index (χ2n) is 3.79. The number of nitro groups is 1. The molecule has 21 heavy (non-hydrogen) atoms. The largest absolute Gasteiger partial charge is 0.370 e. The van der Waals surface area contributed by atoms with E-state index < -0.39 is 26.5 Å². The van der Waals surface area contributed by atoms with Crippen LogP contribution in [0.2, 0.25) is 5.02 Å². The number of benzene rings is 1. The molecule has 116 valence electrons. The number of nitrogens with zero attached hydrogens (tertiary/aromatic N) is 1. The molecule has 0 aromatic heterocycles. The quantitative estimate of drug-likeness (QED) is 0.389. The van der Waals surface area contributed by atoms with Crippen LogP contribution in [-0.4, -0.2) is 39.0 Å². The predicted molar refractivity (Wildman–Crippen MR) is 73.3 cm³/mol. The summed E-state index contributed by atoms with van der Waals surface area (Å²) in [5.74, 6) is -0.675. The van der Waals surface area contributed by atoms with Crippen LogP contribution in [0, 0.1) is 10.1 Å². The number of rotatable bonds is 8. The first-order valence-electron chi connectivity index (χ1n) is 5.53. The van der Waals surface area contributed by atoms with Crippen LogP contribution in [-0.2, 0) is 19.6 Å². The summed E-state index contributed by atoms with van der Waals surface area (Å²) in [5.41, 5.74) is 4.32. The van der Waals surface area contributed by atoms with Crippen molar-refractivity contribution in [3.63, 3.8) is 0 Å². The molecule has 1 rings (SSSR count). The molecular formula is C10H12ClN3O6S. The van der Waals surface area contributed by atoms with E-state index in [2.05, 4.69) is 4.72 Å². The SMILES string of the molecule is NC(=O)COCCNS(=O)(=O)c1ccc(Cl)c([N+](=O)[O-])c1. The van der Waals surface area contributed by atoms with E-state index in [1.165, 1.54) is 0 Å². The van der Waals surface area contributed by atoms with Crippen molar-refractivity contribution in [3.05, 3.63) is 33.3 Å². The predicted octanol–water partition coefficient (Wildman–Crippen LogP) is 0.0284. The molecule has 0 spiro atoms. The van der Waals surface area contributed by atoms with E-state index >= 15 is 0 Å². The van der Waals surface area contributed by atoms with Crippen LogP contribution in [0.3, 0.4) is 0 Å². The molecular weight excluding hydrogens is 326 g/mol. The molecule has 0 unspecified atom stereocenters. The van der Waals surface area contributed by atoms with E-state index in [0.29, 0.717) is 0 Å². The maximum absolute atomic E-state index is 11.9. The van der Waals surface area contributed by atoms with E-state index in [0.717, 1.165) is 18.2 Å². The van der Waals surface area contributed by atoms with Gasteiger partial charge < -0.3 is 10.5 Å². The number of nitro benzene ring substituents is 1. The number of hydrogen-bond donors (Lipinski definition) is 2. The van der Waals surface area contributed by atoms with Gasteiger partial charge in [0.05, 0.1) is 16.4 Å². The van der Waals surface area contributed by atoms with Crippen LogP contribution >= 0.6 is 11.6 Å². The Morgan fingerprint density at radius 2 is 2.14 bits per heavy atom. The lowest BCUT2D eigenvalue weighted by Gasteiger charge is -2.07. The first kappa shape index (κ1) is 17.3. The number of sulfonamides is 1. The molecule has 0 saturated heterocycles. The van der Waals surface area contributed by atoms with E-state index in [9.17, 15) is 23.3 Å². The Bertz CT molecular complexity index is 648. The van der Waals surface area contributed by atoms with E-state index in [4.69, 9.17) is 22.1 Å². The first-order chi connectivity index (χ1) is 9.74.